The predicted molar refractivity (Wildman–Crippen MR) is 144 cm³/mol. The average molecular weight is 540 g/mol. The minimum absolute atomic E-state index is 0.0498. The number of ether oxygens (including phenoxy) is 2. The third-order valence-electron chi connectivity index (χ3n) is 7.17. The highest BCUT2D eigenvalue weighted by Gasteiger charge is 2.32. The maximum Gasteiger partial charge on any atom is 0.256 e. The van der Waals surface area contributed by atoms with E-state index in [1.165, 1.54) is 16.6 Å². The molecule has 1 N–H and O–H groups in total. The first kappa shape index (κ1) is 26.2. The van der Waals surface area contributed by atoms with Crippen molar-refractivity contribution in [2.24, 2.45) is 11.8 Å². The zero-order valence-corrected chi connectivity index (χ0v) is 22.7. The molecule has 0 radical (unpaired) electrons. The SMILES string of the molecule is CCn1cc(C(=O)NC[C@@H]2COc3ccccc3O2)c(=O)c2cc(S(=O)(=O)N3C[C@@H](C)C[C@H](C)C3)ccc21. The first-order valence-electron chi connectivity index (χ1n) is 13.0. The molecule has 0 aliphatic carbocycles. The zero-order chi connectivity index (χ0) is 27.0. The van der Waals surface area contributed by atoms with Crippen molar-refractivity contribution in [1.29, 1.82) is 0 Å². The summed E-state index contributed by atoms with van der Waals surface area (Å²) in [4.78, 5) is 26.7. The first-order chi connectivity index (χ1) is 18.2. The second-order valence-corrected chi connectivity index (χ2v) is 12.3. The smallest absolute Gasteiger partial charge is 0.256 e. The lowest BCUT2D eigenvalue weighted by atomic mass is 9.94. The highest BCUT2D eigenvalue weighted by Crippen LogP contribution is 2.31. The fourth-order valence-electron chi connectivity index (χ4n) is 5.38. The molecule has 0 spiro atoms. The molecule has 3 heterocycles. The van der Waals surface area contributed by atoms with Crippen molar-refractivity contribution in [2.45, 2.75) is 44.7 Å². The Hall–Kier alpha value is -3.37. The number of benzene rings is 2. The molecular formula is C28H33N3O6S. The molecule has 1 amide bonds. The van der Waals surface area contributed by atoms with Gasteiger partial charge in [0.25, 0.3) is 5.91 Å². The zero-order valence-electron chi connectivity index (χ0n) is 21.8. The fraction of sp³-hybridized carbons (Fsp3) is 0.429. The molecule has 2 aliphatic heterocycles. The lowest BCUT2D eigenvalue weighted by molar-refractivity contribution is 0.0788. The summed E-state index contributed by atoms with van der Waals surface area (Å²) in [5, 5.41) is 2.98. The van der Waals surface area contributed by atoms with Crippen molar-refractivity contribution in [3.05, 3.63) is 64.4 Å². The van der Waals surface area contributed by atoms with E-state index in [2.05, 4.69) is 5.32 Å². The van der Waals surface area contributed by atoms with Gasteiger partial charge in [0.05, 0.1) is 17.0 Å². The van der Waals surface area contributed by atoms with Crippen LogP contribution in [-0.4, -0.2) is 55.5 Å². The number of piperidine rings is 1. The normalized spacial score (nSPS) is 21.8. The van der Waals surface area contributed by atoms with Gasteiger partial charge in [-0.1, -0.05) is 26.0 Å². The van der Waals surface area contributed by atoms with Crippen LogP contribution in [-0.2, 0) is 16.6 Å². The number of hydrogen-bond acceptors (Lipinski definition) is 6. The number of sulfonamides is 1. The third-order valence-corrected chi connectivity index (χ3v) is 9.00. The van der Waals surface area contributed by atoms with Gasteiger partial charge in [0.2, 0.25) is 15.5 Å². The number of nitrogens with zero attached hydrogens (tertiary/aromatic N) is 2. The number of para-hydroxylation sites is 2. The molecule has 10 heteroatoms. The topological polar surface area (TPSA) is 107 Å². The second-order valence-electron chi connectivity index (χ2n) is 10.3. The summed E-state index contributed by atoms with van der Waals surface area (Å²) in [6.45, 7) is 7.81. The van der Waals surface area contributed by atoms with Crippen molar-refractivity contribution < 1.29 is 22.7 Å². The quantitative estimate of drug-likeness (QED) is 0.515. The number of nitrogens with one attached hydrogen (secondary N) is 1. The number of aryl methyl sites for hydroxylation is 1. The number of rotatable bonds is 6. The number of fused-ring (bicyclic) bond motifs is 2. The highest BCUT2D eigenvalue weighted by molar-refractivity contribution is 7.89. The van der Waals surface area contributed by atoms with Gasteiger partial charge in [0.15, 0.2) is 11.5 Å². The number of pyridine rings is 1. The van der Waals surface area contributed by atoms with Crippen LogP contribution < -0.4 is 20.2 Å². The molecule has 1 aromatic heterocycles. The van der Waals surface area contributed by atoms with Crippen LogP contribution in [0.25, 0.3) is 10.9 Å². The predicted octanol–water partition coefficient (Wildman–Crippen LogP) is 3.26. The van der Waals surface area contributed by atoms with Crippen molar-refractivity contribution >= 4 is 26.8 Å². The number of carbonyl (C=O) groups excluding carboxylic acids is 1. The molecule has 0 bridgehead atoms. The molecule has 202 valence electrons. The minimum atomic E-state index is -3.78. The van der Waals surface area contributed by atoms with Gasteiger partial charge in [-0.15, -0.1) is 0 Å². The minimum Gasteiger partial charge on any atom is -0.486 e. The summed E-state index contributed by atoms with van der Waals surface area (Å²) >= 11 is 0. The van der Waals surface area contributed by atoms with Gasteiger partial charge < -0.3 is 19.4 Å². The third kappa shape index (κ3) is 5.02. The van der Waals surface area contributed by atoms with E-state index in [-0.39, 0.29) is 40.8 Å². The molecule has 3 aromatic rings. The van der Waals surface area contributed by atoms with Crippen LogP contribution in [0.2, 0.25) is 0 Å². The van der Waals surface area contributed by atoms with Crippen LogP contribution in [0.1, 0.15) is 37.6 Å². The second kappa shape index (κ2) is 10.4. The van der Waals surface area contributed by atoms with Gasteiger partial charge in [-0.3, -0.25) is 9.59 Å². The Morgan fingerprint density at radius 2 is 1.79 bits per heavy atom. The number of aromatic nitrogens is 1. The Kier molecular flexibility index (Phi) is 7.19. The van der Waals surface area contributed by atoms with E-state index in [0.29, 0.717) is 36.6 Å². The fourth-order valence-corrected chi connectivity index (χ4v) is 7.08. The van der Waals surface area contributed by atoms with Gasteiger partial charge >= 0.3 is 0 Å². The Morgan fingerprint density at radius 1 is 1.08 bits per heavy atom. The van der Waals surface area contributed by atoms with E-state index in [4.69, 9.17) is 9.47 Å². The molecule has 1 fully saturated rings. The Labute approximate surface area is 222 Å². The molecule has 1 saturated heterocycles. The maximum absolute atomic E-state index is 13.5. The lowest BCUT2D eigenvalue weighted by Gasteiger charge is -2.34. The summed E-state index contributed by atoms with van der Waals surface area (Å²) in [5.74, 6) is 1.22. The summed E-state index contributed by atoms with van der Waals surface area (Å²) in [7, 11) is -3.78. The molecular weight excluding hydrogens is 506 g/mol. The first-order valence-corrected chi connectivity index (χ1v) is 14.5. The van der Waals surface area contributed by atoms with E-state index < -0.39 is 27.5 Å². The molecule has 5 rings (SSSR count). The Bertz CT molecular complexity index is 1520. The van der Waals surface area contributed by atoms with Crippen LogP contribution in [0.5, 0.6) is 11.5 Å². The molecule has 3 atom stereocenters. The van der Waals surface area contributed by atoms with Gasteiger partial charge in [-0.05, 0) is 55.5 Å². The molecule has 38 heavy (non-hydrogen) atoms. The van der Waals surface area contributed by atoms with E-state index in [1.807, 2.05) is 39.0 Å². The van der Waals surface area contributed by atoms with E-state index in [0.717, 1.165) is 6.42 Å². The summed E-state index contributed by atoms with van der Waals surface area (Å²) in [6, 6.07) is 11.9. The molecule has 2 aromatic carbocycles. The van der Waals surface area contributed by atoms with Crippen molar-refractivity contribution in [2.75, 3.05) is 26.2 Å². The highest BCUT2D eigenvalue weighted by atomic mass is 32.2. The largest absolute Gasteiger partial charge is 0.486 e. The molecule has 0 saturated carbocycles. The number of amides is 1. The molecule has 9 nitrogen and oxygen atoms in total. The van der Waals surface area contributed by atoms with Crippen molar-refractivity contribution in [3.8, 4) is 11.5 Å². The summed E-state index contributed by atoms with van der Waals surface area (Å²) in [6.07, 6.45) is 2.10. The monoisotopic (exact) mass is 539 g/mol. The summed E-state index contributed by atoms with van der Waals surface area (Å²) in [5.41, 5.74) is 0.0195. The maximum atomic E-state index is 13.5. The van der Waals surface area contributed by atoms with Crippen molar-refractivity contribution in [1.82, 2.24) is 14.2 Å². The Balaban J connectivity index is 1.42. The standard InChI is InChI=1S/C28H33N3O6S/c1-4-30-16-23(28(33)29-13-20-17-36-25-7-5-6-8-26(25)37-20)27(32)22-12-21(9-10-24(22)30)38(34,35)31-14-18(2)11-19(3)15-31/h5-10,12,16,18-20H,4,11,13-15,17H2,1-3H3,(H,29,33)/t18-,19-,20+/m0/s1. The van der Waals surface area contributed by atoms with Crippen LogP contribution in [0.4, 0.5) is 0 Å². The Morgan fingerprint density at radius 3 is 2.50 bits per heavy atom. The number of hydrogen-bond donors (Lipinski definition) is 1. The van der Waals surface area contributed by atoms with Crippen LogP contribution in [0.3, 0.4) is 0 Å². The average Bonchev–Trinajstić information content (AvgIpc) is 2.91. The number of carbonyl (C=O) groups is 1. The van der Waals surface area contributed by atoms with E-state index in [9.17, 15) is 18.0 Å². The van der Waals surface area contributed by atoms with Crippen LogP contribution >= 0.6 is 0 Å². The van der Waals surface area contributed by atoms with Gasteiger partial charge in [0.1, 0.15) is 18.3 Å². The van der Waals surface area contributed by atoms with Gasteiger partial charge in [-0.2, -0.15) is 4.31 Å². The summed E-state index contributed by atoms with van der Waals surface area (Å²) < 4.78 is 41.8. The van der Waals surface area contributed by atoms with E-state index >= 15 is 0 Å². The molecule has 2 aliphatic rings. The molecule has 0 unspecified atom stereocenters. The van der Waals surface area contributed by atoms with Crippen LogP contribution in [0.15, 0.2) is 58.4 Å². The van der Waals surface area contributed by atoms with Gasteiger partial charge in [0, 0.05) is 31.2 Å². The van der Waals surface area contributed by atoms with Crippen molar-refractivity contribution in [3.63, 3.8) is 0 Å². The van der Waals surface area contributed by atoms with Crippen LogP contribution in [0, 0.1) is 11.8 Å². The lowest BCUT2D eigenvalue weighted by Crippen LogP contribution is -2.42. The van der Waals surface area contributed by atoms with E-state index in [1.54, 1.807) is 22.8 Å². The van der Waals surface area contributed by atoms with Gasteiger partial charge in [-0.25, -0.2) is 8.42 Å².